The summed E-state index contributed by atoms with van der Waals surface area (Å²) in [4.78, 5) is 2.50. The Morgan fingerprint density at radius 3 is 2.71 bits per heavy atom. The molecule has 0 aromatic heterocycles. The van der Waals surface area contributed by atoms with E-state index >= 15 is 0 Å². The van der Waals surface area contributed by atoms with Crippen LogP contribution in [0.25, 0.3) is 0 Å². The molecule has 2 unspecified atom stereocenters. The second-order valence-corrected chi connectivity index (χ2v) is 7.60. The van der Waals surface area contributed by atoms with Gasteiger partial charge in [0.25, 0.3) is 0 Å². The maximum Gasteiger partial charge on any atom is 0.240 e. The number of piperidine rings is 1. The Balaban J connectivity index is 2.13. The van der Waals surface area contributed by atoms with Gasteiger partial charge in [-0.3, -0.25) is 0 Å². The molecule has 3 N–H and O–H groups in total. The van der Waals surface area contributed by atoms with E-state index in [1.54, 1.807) is 18.2 Å². The summed E-state index contributed by atoms with van der Waals surface area (Å²) in [6.45, 7) is 5.03. The van der Waals surface area contributed by atoms with Gasteiger partial charge in [-0.15, -0.1) is 0 Å². The molecule has 0 bridgehead atoms. The largest absolute Gasteiger partial charge is 0.398 e. The predicted octanol–water partition coefficient (Wildman–Crippen LogP) is 1.59. The topological polar surface area (TPSA) is 75.4 Å². The molecule has 118 valence electrons. The summed E-state index contributed by atoms with van der Waals surface area (Å²) in [6, 6.07) is 5.36. The van der Waals surface area contributed by atoms with Crippen LogP contribution in [0, 0.1) is 0 Å². The lowest BCUT2D eigenvalue weighted by atomic mass is 10.0. The number of aryl methyl sites for hydroxylation is 1. The smallest absolute Gasteiger partial charge is 0.240 e. The molecule has 0 amide bonds. The van der Waals surface area contributed by atoms with Gasteiger partial charge in [-0.1, -0.05) is 13.0 Å². The minimum absolute atomic E-state index is 0.00623. The van der Waals surface area contributed by atoms with Crippen molar-refractivity contribution in [3.8, 4) is 0 Å². The third-order valence-electron chi connectivity index (χ3n) is 4.34. The molecule has 0 spiro atoms. The molecule has 2 rings (SSSR count). The highest BCUT2D eigenvalue weighted by atomic mass is 32.2. The fourth-order valence-electron chi connectivity index (χ4n) is 2.75. The van der Waals surface area contributed by atoms with E-state index in [9.17, 15) is 8.42 Å². The Labute approximate surface area is 127 Å². The maximum absolute atomic E-state index is 12.5. The Hall–Kier alpha value is -1.11. The molecule has 0 saturated carbocycles. The molecule has 1 saturated heterocycles. The van der Waals surface area contributed by atoms with Crippen LogP contribution in [0.4, 0.5) is 5.69 Å². The van der Waals surface area contributed by atoms with Crippen molar-refractivity contribution < 1.29 is 8.42 Å². The van der Waals surface area contributed by atoms with Crippen molar-refractivity contribution in [1.82, 2.24) is 9.62 Å². The van der Waals surface area contributed by atoms with Crippen LogP contribution in [-0.2, 0) is 16.4 Å². The van der Waals surface area contributed by atoms with Crippen molar-refractivity contribution in [2.75, 3.05) is 19.3 Å². The highest BCUT2D eigenvalue weighted by Gasteiger charge is 2.27. The summed E-state index contributed by atoms with van der Waals surface area (Å²) in [7, 11) is -1.43. The molecule has 1 heterocycles. The average molecular weight is 311 g/mol. The van der Waals surface area contributed by atoms with Crippen LogP contribution >= 0.6 is 0 Å². The van der Waals surface area contributed by atoms with Gasteiger partial charge in [0.15, 0.2) is 0 Å². The molecule has 21 heavy (non-hydrogen) atoms. The van der Waals surface area contributed by atoms with Crippen LogP contribution in [0.3, 0.4) is 0 Å². The zero-order chi connectivity index (χ0) is 15.6. The molecule has 5 nitrogen and oxygen atoms in total. The normalized spacial score (nSPS) is 24.1. The van der Waals surface area contributed by atoms with Gasteiger partial charge in [0, 0.05) is 17.8 Å². The molecule has 1 aromatic carbocycles. The molecule has 0 aliphatic carbocycles. The molecular formula is C15H25N3O2S. The predicted molar refractivity (Wildman–Crippen MR) is 85.7 cm³/mol. The summed E-state index contributed by atoms with van der Waals surface area (Å²) >= 11 is 0. The van der Waals surface area contributed by atoms with Crippen LogP contribution in [0.2, 0.25) is 0 Å². The number of hydrogen-bond donors (Lipinski definition) is 2. The zero-order valence-corrected chi connectivity index (χ0v) is 13.8. The van der Waals surface area contributed by atoms with Gasteiger partial charge in [-0.2, -0.15) is 0 Å². The average Bonchev–Trinajstić information content (AvgIpc) is 2.42. The molecule has 1 aliphatic rings. The molecule has 1 aromatic rings. The summed E-state index contributed by atoms with van der Waals surface area (Å²) in [5.74, 6) is 0. The fraction of sp³-hybridized carbons (Fsp3) is 0.600. The van der Waals surface area contributed by atoms with Crippen molar-refractivity contribution in [2.45, 2.75) is 50.1 Å². The van der Waals surface area contributed by atoms with E-state index in [0.717, 1.165) is 31.4 Å². The number of sulfonamides is 1. The Kier molecular flexibility index (Phi) is 4.91. The number of benzene rings is 1. The van der Waals surface area contributed by atoms with Crippen LogP contribution in [0.5, 0.6) is 0 Å². The third-order valence-corrected chi connectivity index (χ3v) is 5.86. The number of likely N-dealkylation sites (tertiary alicyclic amines) is 1. The first-order valence-electron chi connectivity index (χ1n) is 7.44. The number of nitrogen functional groups attached to an aromatic ring is 1. The monoisotopic (exact) mass is 311 g/mol. The van der Waals surface area contributed by atoms with E-state index in [1.807, 2.05) is 6.92 Å². The first-order chi connectivity index (χ1) is 9.83. The maximum atomic E-state index is 12.5. The van der Waals surface area contributed by atoms with Crippen LogP contribution in [0.15, 0.2) is 23.1 Å². The lowest BCUT2D eigenvalue weighted by Gasteiger charge is -2.35. The number of nitrogens with zero attached hydrogens (tertiary/aromatic N) is 1. The SMILES string of the molecule is CCc1ccc(S(=O)(=O)NC2CCN(C)C(C)C2)cc1N. The highest BCUT2D eigenvalue weighted by molar-refractivity contribution is 7.89. The van der Waals surface area contributed by atoms with Crippen LogP contribution < -0.4 is 10.5 Å². The van der Waals surface area contributed by atoms with E-state index in [1.165, 1.54) is 0 Å². The van der Waals surface area contributed by atoms with E-state index in [2.05, 4.69) is 23.6 Å². The second kappa shape index (κ2) is 6.34. The lowest BCUT2D eigenvalue weighted by Crippen LogP contribution is -2.47. The van der Waals surface area contributed by atoms with Crippen molar-refractivity contribution in [1.29, 1.82) is 0 Å². The standard InChI is InChI=1S/C15H25N3O2S/c1-4-12-5-6-14(10-15(12)16)21(19,20)17-13-7-8-18(3)11(2)9-13/h5-6,10-11,13,17H,4,7-9,16H2,1-3H3. The molecular weight excluding hydrogens is 286 g/mol. The number of nitrogens with two attached hydrogens (primary N) is 1. The van der Waals surface area contributed by atoms with Crippen molar-refractivity contribution in [3.05, 3.63) is 23.8 Å². The van der Waals surface area contributed by atoms with Crippen molar-refractivity contribution in [2.24, 2.45) is 0 Å². The fourth-order valence-corrected chi connectivity index (χ4v) is 4.06. The molecule has 2 atom stereocenters. The third kappa shape index (κ3) is 3.75. The van der Waals surface area contributed by atoms with Gasteiger partial charge in [0.2, 0.25) is 10.0 Å². The first-order valence-corrected chi connectivity index (χ1v) is 8.92. The van der Waals surface area contributed by atoms with Gasteiger partial charge in [-0.05, 0) is 57.5 Å². The zero-order valence-electron chi connectivity index (χ0n) is 13.0. The summed E-state index contributed by atoms with van der Waals surface area (Å²) in [5, 5.41) is 0. The first kappa shape index (κ1) is 16.3. The quantitative estimate of drug-likeness (QED) is 0.828. The van der Waals surface area contributed by atoms with E-state index in [4.69, 9.17) is 5.73 Å². The van der Waals surface area contributed by atoms with Gasteiger partial charge in [-0.25, -0.2) is 13.1 Å². The summed E-state index contributed by atoms with van der Waals surface area (Å²) < 4.78 is 27.7. The van der Waals surface area contributed by atoms with Gasteiger partial charge < -0.3 is 10.6 Å². The number of nitrogens with one attached hydrogen (secondary N) is 1. The summed E-state index contributed by atoms with van der Waals surface area (Å²) in [6.07, 6.45) is 2.47. The lowest BCUT2D eigenvalue weighted by molar-refractivity contribution is 0.178. The highest BCUT2D eigenvalue weighted by Crippen LogP contribution is 2.21. The van der Waals surface area contributed by atoms with Crippen molar-refractivity contribution >= 4 is 15.7 Å². The van der Waals surface area contributed by atoms with E-state index in [-0.39, 0.29) is 10.9 Å². The van der Waals surface area contributed by atoms with Crippen LogP contribution in [0.1, 0.15) is 32.3 Å². The molecule has 0 radical (unpaired) electrons. The van der Waals surface area contributed by atoms with Crippen molar-refractivity contribution in [3.63, 3.8) is 0 Å². The van der Waals surface area contributed by atoms with E-state index in [0.29, 0.717) is 11.7 Å². The van der Waals surface area contributed by atoms with Crippen LogP contribution in [-0.4, -0.2) is 39.0 Å². The molecule has 1 fully saturated rings. The number of hydrogen-bond acceptors (Lipinski definition) is 4. The molecule has 6 heteroatoms. The minimum atomic E-state index is -3.50. The second-order valence-electron chi connectivity index (χ2n) is 5.89. The molecule has 1 aliphatic heterocycles. The minimum Gasteiger partial charge on any atom is -0.398 e. The van der Waals surface area contributed by atoms with Gasteiger partial charge in [0.1, 0.15) is 0 Å². The number of anilines is 1. The van der Waals surface area contributed by atoms with Gasteiger partial charge >= 0.3 is 0 Å². The van der Waals surface area contributed by atoms with Gasteiger partial charge in [0.05, 0.1) is 4.90 Å². The Morgan fingerprint density at radius 1 is 1.43 bits per heavy atom. The Bertz CT molecular complexity index is 601. The Morgan fingerprint density at radius 2 is 2.14 bits per heavy atom. The summed E-state index contributed by atoms with van der Waals surface area (Å²) in [5.41, 5.74) is 7.42. The number of rotatable bonds is 4. The van der Waals surface area contributed by atoms with E-state index < -0.39 is 10.0 Å².